The number of alkyl halides is 5. The van der Waals surface area contributed by atoms with Crippen LogP contribution in [0.25, 0.3) is 0 Å². The van der Waals surface area contributed by atoms with E-state index in [0.29, 0.717) is 13.0 Å². The van der Waals surface area contributed by atoms with Crippen LogP contribution in [-0.4, -0.2) is 51.6 Å². The molecule has 0 saturated carbocycles. The fraction of sp³-hybridized carbons (Fsp3) is 0.533. The standard InChI is InChI=1S/C15H17F5N6O2/c16-13(17)27-11-6-9(25-26-11)23-10-7-22-8-12(24-10)28-14(15(18,19)20)2-1-4-21-5-3-14/h6-8,13,21H,1-5H2,(H2,23,24,25,26). The summed E-state index contributed by atoms with van der Waals surface area (Å²) < 4.78 is 74.9. The van der Waals surface area contributed by atoms with Crippen LogP contribution in [0.3, 0.4) is 0 Å². The van der Waals surface area contributed by atoms with Gasteiger partial charge in [0.2, 0.25) is 17.4 Å². The number of rotatable bonds is 6. The highest BCUT2D eigenvalue weighted by molar-refractivity contribution is 5.52. The Labute approximate surface area is 155 Å². The van der Waals surface area contributed by atoms with Gasteiger partial charge in [0.05, 0.1) is 12.4 Å². The molecule has 0 radical (unpaired) electrons. The average molecular weight is 408 g/mol. The molecule has 2 aromatic heterocycles. The highest BCUT2D eigenvalue weighted by atomic mass is 19.4. The first-order chi connectivity index (χ1) is 13.3. The Morgan fingerprint density at radius 1 is 1.14 bits per heavy atom. The van der Waals surface area contributed by atoms with Gasteiger partial charge in [0.25, 0.3) is 0 Å². The fourth-order valence-electron chi connectivity index (χ4n) is 2.80. The van der Waals surface area contributed by atoms with E-state index in [4.69, 9.17) is 4.74 Å². The van der Waals surface area contributed by atoms with E-state index in [1.54, 1.807) is 0 Å². The number of ether oxygens (including phenoxy) is 2. The van der Waals surface area contributed by atoms with Crippen molar-refractivity contribution in [2.45, 2.75) is 37.7 Å². The zero-order valence-corrected chi connectivity index (χ0v) is 14.4. The third kappa shape index (κ3) is 4.77. The largest absolute Gasteiger partial charge is 0.460 e. The van der Waals surface area contributed by atoms with E-state index >= 15 is 0 Å². The maximum absolute atomic E-state index is 13.7. The van der Waals surface area contributed by atoms with Crippen LogP contribution in [0, 0.1) is 0 Å². The number of halogens is 5. The quantitative estimate of drug-likeness (QED) is 0.633. The molecule has 0 bridgehead atoms. The molecule has 3 N–H and O–H groups in total. The number of aromatic nitrogens is 4. The molecule has 28 heavy (non-hydrogen) atoms. The van der Waals surface area contributed by atoms with Crippen LogP contribution in [0.15, 0.2) is 18.5 Å². The zero-order chi connectivity index (χ0) is 20.2. The molecule has 1 aliphatic rings. The van der Waals surface area contributed by atoms with Crippen molar-refractivity contribution in [3.63, 3.8) is 0 Å². The summed E-state index contributed by atoms with van der Waals surface area (Å²) in [5.74, 6) is -0.507. The van der Waals surface area contributed by atoms with Crippen molar-refractivity contribution >= 4 is 11.6 Å². The van der Waals surface area contributed by atoms with Crippen molar-refractivity contribution < 1.29 is 31.4 Å². The molecule has 1 fully saturated rings. The number of nitrogens with one attached hydrogen (secondary N) is 3. The second-order valence-corrected chi connectivity index (χ2v) is 6.06. The van der Waals surface area contributed by atoms with E-state index in [1.807, 2.05) is 0 Å². The van der Waals surface area contributed by atoms with Crippen molar-refractivity contribution in [2.24, 2.45) is 0 Å². The van der Waals surface area contributed by atoms with Crippen LogP contribution < -0.4 is 20.1 Å². The van der Waals surface area contributed by atoms with Gasteiger partial charge in [0.1, 0.15) is 5.82 Å². The molecular formula is C15H17F5N6O2. The Balaban J connectivity index is 1.75. The maximum atomic E-state index is 13.7. The van der Waals surface area contributed by atoms with Crippen molar-refractivity contribution in [1.82, 2.24) is 25.5 Å². The highest BCUT2D eigenvalue weighted by Gasteiger charge is 2.57. The highest BCUT2D eigenvalue weighted by Crippen LogP contribution is 2.41. The van der Waals surface area contributed by atoms with E-state index in [1.165, 1.54) is 6.20 Å². The molecule has 0 aromatic carbocycles. The number of anilines is 2. The third-order valence-electron chi connectivity index (χ3n) is 4.10. The molecule has 1 unspecified atom stereocenters. The summed E-state index contributed by atoms with van der Waals surface area (Å²) in [6, 6.07) is 1.13. The third-order valence-corrected chi connectivity index (χ3v) is 4.10. The van der Waals surface area contributed by atoms with E-state index in [9.17, 15) is 22.0 Å². The molecule has 0 spiro atoms. The van der Waals surface area contributed by atoms with E-state index in [2.05, 4.69) is 35.5 Å². The Morgan fingerprint density at radius 2 is 1.96 bits per heavy atom. The summed E-state index contributed by atoms with van der Waals surface area (Å²) in [6.07, 6.45) is -2.45. The monoisotopic (exact) mass is 408 g/mol. The van der Waals surface area contributed by atoms with Gasteiger partial charge in [-0.1, -0.05) is 0 Å². The van der Waals surface area contributed by atoms with Crippen LogP contribution in [0.1, 0.15) is 19.3 Å². The molecule has 8 nitrogen and oxygen atoms in total. The van der Waals surface area contributed by atoms with Gasteiger partial charge in [-0.05, 0) is 25.9 Å². The molecule has 2 aromatic rings. The van der Waals surface area contributed by atoms with Crippen molar-refractivity contribution in [1.29, 1.82) is 0 Å². The van der Waals surface area contributed by atoms with Gasteiger partial charge in [0, 0.05) is 12.5 Å². The topological polar surface area (TPSA) is 97.0 Å². The molecule has 13 heteroatoms. The lowest BCUT2D eigenvalue weighted by molar-refractivity contribution is -0.252. The van der Waals surface area contributed by atoms with Crippen LogP contribution in [-0.2, 0) is 0 Å². The second kappa shape index (κ2) is 8.12. The van der Waals surface area contributed by atoms with Crippen LogP contribution in [0.4, 0.5) is 33.6 Å². The smallest absolute Gasteiger partial charge is 0.428 e. The first-order valence-corrected chi connectivity index (χ1v) is 8.33. The summed E-state index contributed by atoms with van der Waals surface area (Å²) in [5, 5.41) is 11.4. The predicted octanol–water partition coefficient (Wildman–Crippen LogP) is 3.00. The minimum Gasteiger partial charge on any atom is -0.460 e. The van der Waals surface area contributed by atoms with Crippen LogP contribution in [0.5, 0.6) is 11.8 Å². The molecule has 1 saturated heterocycles. The molecular weight excluding hydrogens is 391 g/mol. The second-order valence-electron chi connectivity index (χ2n) is 6.06. The molecule has 0 aliphatic carbocycles. The normalized spacial score (nSPS) is 20.6. The number of hydrogen-bond acceptors (Lipinski definition) is 7. The number of nitrogens with zero attached hydrogens (tertiary/aromatic N) is 3. The van der Waals surface area contributed by atoms with Gasteiger partial charge in [-0.3, -0.25) is 10.1 Å². The van der Waals surface area contributed by atoms with E-state index in [0.717, 1.165) is 12.3 Å². The summed E-state index contributed by atoms with van der Waals surface area (Å²) >= 11 is 0. The molecule has 1 atom stereocenters. The van der Waals surface area contributed by atoms with Gasteiger partial charge in [-0.15, -0.1) is 5.10 Å². The van der Waals surface area contributed by atoms with Crippen molar-refractivity contribution in [3.05, 3.63) is 18.5 Å². The minimum atomic E-state index is -4.59. The van der Waals surface area contributed by atoms with Gasteiger partial charge in [0.15, 0.2) is 5.82 Å². The fourth-order valence-corrected chi connectivity index (χ4v) is 2.80. The molecule has 3 rings (SSSR count). The number of H-pyrrole nitrogens is 1. The SMILES string of the molecule is FC(F)Oc1cc(Nc2cncc(OC3(C(F)(F)F)CCCNCC3)n2)[nH]n1. The van der Waals surface area contributed by atoms with Crippen molar-refractivity contribution in [2.75, 3.05) is 18.4 Å². The molecule has 1 aliphatic heterocycles. The first kappa shape index (κ1) is 20.0. The lowest BCUT2D eigenvalue weighted by Gasteiger charge is -2.34. The minimum absolute atomic E-state index is 0.0359. The Morgan fingerprint density at radius 3 is 2.71 bits per heavy atom. The molecule has 154 valence electrons. The van der Waals surface area contributed by atoms with Gasteiger partial charge in [-0.2, -0.15) is 26.9 Å². The van der Waals surface area contributed by atoms with Gasteiger partial charge >= 0.3 is 12.8 Å². The number of aromatic amines is 1. The summed E-state index contributed by atoms with van der Waals surface area (Å²) in [6.45, 7) is -2.41. The first-order valence-electron chi connectivity index (χ1n) is 8.33. The summed E-state index contributed by atoms with van der Waals surface area (Å²) in [4.78, 5) is 7.79. The van der Waals surface area contributed by atoms with E-state index < -0.39 is 18.4 Å². The average Bonchev–Trinajstić information content (AvgIpc) is 2.88. The Kier molecular flexibility index (Phi) is 5.82. The number of hydrogen-bond donors (Lipinski definition) is 3. The molecule has 3 heterocycles. The van der Waals surface area contributed by atoms with E-state index in [-0.39, 0.29) is 42.8 Å². The lowest BCUT2D eigenvalue weighted by atomic mass is 9.94. The van der Waals surface area contributed by atoms with Gasteiger partial charge < -0.3 is 20.1 Å². The maximum Gasteiger partial charge on any atom is 0.428 e. The van der Waals surface area contributed by atoms with Crippen molar-refractivity contribution in [3.8, 4) is 11.8 Å². The van der Waals surface area contributed by atoms with Crippen LogP contribution in [0.2, 0.25) is 0 Å². The Hall–Kier alpha value is -2.70. The van der Waals surface area contributed by atoms with Crippen LogP contribution >= 0.6 is 0 Å². The molecule has 0 amide bonds. The zero-order valence-electron chi connectivity index (χ0n) is 14.4. The Bertz CT molecular complexity index is 776. The lowest BCUT2D eigenvalue weighted by Crippen LogP contribution is -2.51. The van der Waals surface area contributed by atoms with Gasteiger partial charge in [-0.25, -0.2) is 0 Å². The predicted molar refractivity (Wildman–Crippen MR) is 86.7 cm³/mol. The summed E-state index contributed by atoms with van der Waals surface area (Å²) in [5.41, 5.74) is -2.37. The summed E-state index contributed by atoms with van der Waals surface area (Å²) in [7, 11) is 0.